The zero-order valence-corrected chi connectivity index (χ0v) is 13.3. The molecule has 3 rings (SSSR count). The first-order valence-electron chi connectivity index (χ1n) is 6.99. The van der Waals surface area contributed by atoms with Crippen molar-refractivity contribution in [2.75, 3.05) is 9.80 Å². The van der Waals surface area contributed by atoms with E-state index in [4.69, 9.17) is 11.6 Å². The average molecular weight is 343 g/mol. The van der Waals surface area contributed by atoms with Gasteiger partial charge in [0.2, 0.25) is 0 Å². The summed E-state index contributed by atoms with van der Waals surface area (Å²) in [6, 6.07) is 11.2. The monoisotopic (exact) mass is 342 g/mol. The maximum absolute atomic E-state index is 12.6. The molecule has 1 saturated heterocycles. The molecule has 2 aromatic carbocycles. The number of carbonyl (C=O) groups is 4. The zero-order valence-electron chi connectivity index (χ0n) is 12.5. The SMILES string of the molecule is CC(=O)c1ccc(N2C(=O)C(=O)N(c3cccc(Cl)c3)C2=O)cc1. The fourth-order valence-corrected chi connectivity index (χ4v) is 2.57. The fraction of sp³-hybridized carbons (Fsp3) is 0.0588. The van der Waals surface area contributed by atoms with E-state index in [0.717, 1.165) is 9.80 Å². The lowest BCUT2D eigenvalue weighted by atomic mass is 10.1. The van der Waals surface area contributed by atoms with Gasteiger partial charge in [-0.05, 0) is 49.4 Å². The molecule has 4 amide bonds. The minimum atomic E-state index is -0.962. The second kappa shape index (κ2) is 5.90. The Morgan fingerprint density at radius 1 is 0.875 bits per heavy atom. The van der Waals surface area contributed by atoms with Crippen molar-refractivity contribution in [3.05, 3.63) is 59.1 Å². The van der Waals surface area contributed by atoms with Crippen molar-refractivity contribution in [1.82, 2.24) is 0 Å². The van der Waals surface area contributed by atoms with E-state index in [2.05, 4.69) is 0 Å². The van der Waals surface area contributed by atoms with Gasteiger partial charge in [-0.25, -0.2) is 14.6 Å². The van der Waals surface area contributed by atoms with E-state index in [0.29, 0.717) is 10.6 Å². The Morgan fingerprint density at radius 2 is 1.46 bits per heavy atom. The largest absolute Gasteiger partial charge is 0.343 e. The molecule has 0 atom stereocenters. The van der Waals surface area contributed by atoms with E-state index >= 15 is 0 Å². The molecule has 2 aromatic rings. The summed E-state index contributed by atoms with van der Waals surface area (Å²) in [5.74, 6) is -2.06. The standard InChI is InChI=1S/C17H11ClN2O4/c1-10(21)11-5-7-13(8-6-11)19-15(22)16(23)20(17(19)24)14-4-2-3-12(18)9-14/h2-9H,1H3. The minimum absolute atomic E-state index is 0.141. The molecular formula is C17H11ClN2O4. The second-order valence-electron chi connectivity index (χ2n) is 5.15. The lowest BCUT2D eigenvalue weighted by Gasteiger charge is -2.15. The first-order valence-corrected chi connectivity index (χ1v) is 7.37. The molecule has 1 fully saturated rings. The van der Waals surface area contributed by atoms with E-state index in [9.17, 15) is 19.2 Å². The summed E-state index contributed by atoms with van der Waals surface area (Å²) in [5.41, 5.74) is 0.873. The zero-order chi connectivity index (χ0) is 17.4. The Balaban J connectivity index is 1.99. The van der Waals surface area contributed by atoms with Gasteiger partial charge in [-0.3, -0.25) is 14.4 Å². The number of imide groups is 2. The predicted octanol–water partition coefficient (Wildman–Crippen LogP) is 3.04. The van der Waals surface area contributed by atoms with E-state index in [-0.39, 0.29) is 17.2 Å². The molecule has 24 heavy (non-hydrogen) atoms. The summed E-state index contributed by atoms with van der Waals surface area (Å²) in [7, 11) is 0. The summed E-state index contributed by atoms with van der Waals surface area (Å²) in [6.07, 6.45) is 0. The predicted molar refractivity (Wildman–Crippen MR) is 88.3 cm³/mol. The van der Waals surface area contributed by atoms with Crippen molar-refractivity contribution in [3.8, 4) is 0 Å². The van der Waals surface area contributed by atoms with Gasteiger partial charge in [0.1, 0.15) is 0 Å². The number of urea groups is 1. The lowest BCUT2D eigenvalue weighted by molar-refractivity contribution is -0.133. The van der Waals surface area contributed by atoms with Gasteiger partial charge in [0, 0.05) is 10.6 Å². The van der Waals surface area contributed by atoms with Crippen molar-refractivity contribution < 1.29 is 19.2 Å². The minimum Gasteiger partial charge on any atom is -0.295 e. The number of carbonyl (C=O) groups excluding carboxylic acids is 4. The van der Waals surface area contributed by atoms with Crippen LogP contribution < -0.4 is 9.80 Å². The molecule has 1 aliphatic heterocycles. The number of rotatable bonds is 3. The van der Waals surface area contributed by atoms with Gasteiger partial charge < -0.3 is 0 Å². The van der Waals surface area contributed by atoms with E-state index in [1.165, 1.54) is 43.3 Å². The summed E-state index contributed by atoms with van der Waals surface area (Å²) >= 11 is 5.88. The van der Waals surface area contributed by atoms with E-state index in [1.807, 2.05) is 0 Å². The number of benzene rings is 2. The Kier molecular flexibility index (Phi) is 3.91. The average Bonchev–Trinajstić information content (AvgIpc) is 2.77. The van der Waals surface area contributed by atoms with Crippen LogP contribution in [0, 0.1) is 0 Å². The Labute approximate surface area is 142 Å². The van der Waals surface area contributed by atoms with Crippen LogP contribution in [0.2, 0.25) is 5.02 Å². The molecular weight excluding hydrogens is 332 g/mol. The third-order valence-electron chi connectivity index (χ3n) is 3.57. The number of hydrogen-bond acceptors (Lipinski definition) is 4. The van der Waals surface area contributed by atoms with Gasteiger partial charge >= 0.3 is 17.8 Å². The molecule has 0 unspecified atom stereocenters. The number of hydrogen-bond donors (Lipinski definition) is 0. The smallest absolute Gasteiger partial charge is 0.295 e. The van der Waals surface area contributed by atoms with Crippen LogP contribution in [0.3, 0.4) is 0 Å². The first kappa shape index (κ1) is 15.9. The highest BCUT2D eigenvalue weighted by Gasteiger charge is 2.46. The molecule has 0 spiro atoms. The van der Waals surface area contributed by atoms with Crippen LogP contribution in [-0.2, 0) is 9.59 Å². The van der Waals surface area contributed by atoms with Crippen LogP contribution in [0.1, 0.15) is 17.3 Å². The van der Waals surface area contributed by atoms with Crippen LogP contribution >= 0.6 is 11.6 Å². The van der Waals surface area contributed by atoms with Crippen molar-refractivity contribution in [3.63, 3.8) is 0 Å². The lowest BCUT2D eigenvalue weighted by Crippen LogP contribution is -2.33. The number of anilines is 2. The maximum atomic E-state index is 12.6. The summed E-state index contributed by atoms with van der Waals surface area (Å²) < 4.78 is 0. The van der Waals surface area contributed by atoms with E-state index < -0.39 is 17.8 Å². The van der Waals surface area contributed by atoms with Gasteiger partial charge in [-0.1, -0.05) is 17.7 Å². The molecule has 0 aliphatic carbocycles. The topological polar surface area (TPSA) is 74.8 Å². The molecule has 0 bridgehead atoms. The van der Waals surface area contributed by atoms with Crippen molar-refractivity contribution in [1.29, 1.82) is 0 Å². The number of amides is 4. The molecule has 0 saturated carbocycles. The van der Waals surface area contributed by atoms with Gasteiger partial charge in [0.25, 0.3) is 0 Å². The first-order chi connectivity index (χ1) is 11.4. The maximum Gasteiger partial charge on any atom is 0.343 e. The number of halogens is 1. The second-order valence-corrected chi connectivity index (χ2v) is 5.58. The molecule has 0 radical (unpaired) electrons. The highest BCUT2D eigenvalue weighted by Crippen LogP contribution is 2.28. The van der Waals surface area contributed by atoms with Gasteiger partial charge in [-0.15, -0.1) is 0 Å². The molecule has 6 nitrogen and oxygen atoms in total. The fourth-order valence-electron chi connectivity index (χ4n) is 2.38. The quantitative estimate of drug-likeness (QED) is 0.488. The van der Waals surface area contributed by atoms with Crippen LogP contribution in [0.4, 0.5) is 16.2 Å². The third-order valence-corrected chi connectivity index (χ3v) is 3.81. The highest BCUT2D eigenvalue weighted by molar-refractivity contribution is 6.60. The van der Waals surface area contributed by atoms with Gasteiger partial charge in [-0.2, -0.15) is 0 Å². The van der Waals surface area contributed by atoms with E-state index in [1.54, 1.807) is 12.1 Å². The van der Waals surface area contributed by atoms with Crippen molar-refractivity contribution in [2.45, 2.75) is 6.92 Å². The van der Waals surface area contributed by atoms with Gasteiger partial charge in [0.15, 0.2) is 5.78 Å². The van der Waals surface area contributed by atoms with Crippen LogP contribution in [0.15, 0.2) is 48.5 Å². The Morgan fingerprint density at radius 3 is 2.00 bits per heavy atom. The normalized spacial score (nSPS) is 14.5. The molecule has 7 heteroatoms. The summed E-state index contributed by atoms with van der Waals surface area (Å²) in [4.78, 5) is 49.8. The highest BCUT2D eigenvalue weighted by atomic mass is 35.5. The Bertz CT molecular complexity index is 876. The van der Waals surface area contributed by atoms with Crippen LogP contribution in [-0.4, -0.2) is 23.6 Å². The molecule has 1 heterocycles. The molecule has 0 N–H and O–H groups in total. The number of nitrogens with zero attached hydrogens (tertiary/aromatic N) is 2. The van der Waals surface area contributed by atoms with Crippen LogP contribution in [0.5, 0.6) is 0 Å². The molecule has 1 aliphatic rings. The van der Waals surface area contributed by atoms with Crippen molar-refractivity contribution >= 4 is 46.6 Å². The summed E-state index contributed by atoms with van der Waals surface area (Å²) in [6.45, 7) is 1.41. The van der Waals surface area contributed by atoms with Gasteiger partial charge in [0.05, 0.1) is 11.4 Å². The van der Waals surface area contributed by atoms with Crippen molar-refractivity contribution in [2.24, 2.45) is 0 Å². The third kappa shape index (κ3) is 2.57. The molecule has 120 valence electrons. The van der Waals surface area contributed by atoms with Crippen LogP contribution in [0.25, 0.3) is 0 Å². The molecule has 0 aromatic heterocycles. The Hall–Kier alpha value is -2.99. The number of ketones is 1. The summed E-state index contributed by atoms with van der Waals surface area (Å²) in [5, 5.41) is 0.338. The number of Topliss-reactive ketones (excluding diaryl/α,β-unsaturated/α-hetero) is 1.